The minimum Gasteiger partial charge on any atom is -0.496 e. The van der Waals surface area contributed by atoms with Crippen LogP contribution in [0.25, 0.3) is 0 Å². The zero-order chi connectivity index (χ0) is 17.7. The van der Waals surface area contributed by atoms with Crippen LogP contribution in [0.3, 0.4) is 0 Å². The van der Waals surface area contributed by atoms with Crippen LogP contribution in [0, 0.1) is 5.92 Å². The van der Waals surface area contributed by atoms with Gasteiger partial charge in [-0.05, 0) is 18.1 Å². The highest BCUT2D eigenvalue weighted by Crippen LogP contribution is 2.29. The fourth-order valence-corrected chi connectivity index (χ4v) is 2.86. The van der Waals surface area contributed by atoms with E-state index in [4.69, 9.17) is 9.47 Å². The molecular weight excluding hydrogens is 308 g/mol. The van der Waals surface area contributed by atoms with Crippen LogP contribution in [0.1, 0.15) is 30.6 Å². The predicted molar refractivity (Wildman–Crippen MR) is 91.5 cm³/mol. The molecule has 1 aromatic rings. The summed E-state index contributed by atoms with van der Waals surface area (Å²) in [4.78, 5) is 28.6. The number of carbonyl (C=O) groups is 2. The quantitative estimate of drug-likeness (QED) is 0.827. The van der Waals surface area contributed by atoms with Crippen LogP contribution < -0.4 is 9.47 Å². The Morgan fingerprint density at radius 1 is 1.00 bits per heavy atom. The molecular formula is C18H26N2O4. The molecule has 132 valence electrons. The summed E-state index contributed by atoms with van der Waals surface area (Å²) in [5, 5.41) is 0. The largest absolute Gasteiger partial charge is 0.496 e. The zero-order valence-electron chi connectivity index (χ0n) is 14.9. The van der Waals surface area contributed by atoms with Crippen molar-refractivity contribution in [3.8, 4) is 11.5 Å². The smallest absolute Gasteiger partial charge is 0.261 e. The molecule has 0 aromatic heterocycles. The van der Waals surface area contributed by atoms with Gasteiger partial charge in [-0.2, -0.15) is 0 Å². The van der Waals surface area contributed by atoms with E-state index >= 15 is 0 Å². The molecule has 0 unspecified atom stereocenters. The molecule has 1 aliphatic heterocycles. The van der Waals surface area contributed by atoms with Gasteiger partial charge in [0, 0.05) is 32.6 Å². The molecule has 2 amide bonds. The summed E-state index contributed by atoms with van der Waals surface area (Å²) in [5.74, 6) is 1.37. The van der Waals surface area contributed by atoms with E-state index in [1.54, 1.807) is 23.1 Å². The molecule has 0 aliphatic carbocycles. The molecule has 1 aromatic carbocycles. The molecule has 24 heavy (non-hydrogen) atoms. The summed E-state index contributed by atoms with van der Waals surface area (Å²) in [6.45, 7) is 6.23. The van der Waals surface area contributed by atoms with E-state index in [-0.39, 0.29) is 11.8 Å². The minimum atomic E-state index is -0.125. The van der Waals surface area contributed by atoms with Crippen molar-refractivity contribution in [3.05, 3.63) is 23.8 Å². The molecule has 1 aliphatic rings. The molecule has 0 atom stereocenters. The zero-order valence-corrected chi connectivity index (χ0v) is 14.9. The Kier molecular flexibility index (Phi) is 6.06. The third-order valence-corrected chi connectivity index (χ3v) is 4.14. The van der Waals surface area contributed by atoms with Gasteiger partial charge >= 0.3 is 0 Å². The topological polar surface area (TPSA) is 59.1 Å². The number of hydrogen-bond acceptors (Lipinski definition) is 4. The van der Waals surface area contributed by atoms with Crippen LogP contribution in [0.5, 0.6) is 11.5 Å². The maximum atomic E-state index is 12.9. The fraction of sp³-hybridized carbons (Fsp3) is 0.556. The van der Waals surface area contributed by atoms with Crippen molar-refractivity contribution in [2.24, 2.45) is 5.92 Å². The number of nitrogens with zero attached hydrogens (tertiary/aromatic N) is 2. The molecule has 0 saturated carbocycles. The molecule has 1 saturated heterocycles. The lowest BCUT2D eigenvalue weighted by molar-refractivity contribution is -0.133. The van der Waals surface area contributed by atoms with Crippen LogP contribution in [-0.4, -0.2) is 62.0 Å². The van der Waals surface area contributed by atoms with Crippen molar-refractivity contribution < 1.29 is 19.1 Å². The van der Waals surface area contributed by atoms with E-state index in [2.05, 4.69) is 0 Å². The maximum Gasteiger partial charge on any atom is 0.261 e. The van der Waals surface area contributed by atoms with Crippen LogP contribution in [0.2, 0.25) is 0 Å². The highest BCUT2D eigenvalue weighted by Gasteiger charge is 2.28. The van der Waals surface area contributed by atoms with Crippen molar-refractivity contribution in [1.82, 2.24) is 9.80 Å². The summed E-state index contributed by atoms with van der Waals surface area (Å²) in [5.41, 5.74) is 0.435. The lowest BCUT2D eigenvalue weighted by Crippen LogP contribution is -2.50. The van der Waals surface area contributed by atoms with E-state index in [1.807, 2.05) is 18.7 Å². The third kappa shape index (κ3) is 3.99. The highest BCUT2D eigenvalue weighted by atomic mass is 16.5. The van der Waals surface area contributed by atoms with Crippen LogP contribution in [0.15, 0.2) is 18.2 Å². The first kappa shape index (κ1) is 18.1. The molecule has 0 radical (unpaired) electrons. The van der Waals surface area contributed by atoms with Crippen LogP contribution >= 0.6 is 0 Å². The molecule has 6 heteroatoms. The second kappa shape index (κ2) is 8.04. The summed E-state index contributed by atoms with van der Waals surface area (Å²) < 4.78 is 10.6. The van der Waals surface area contributed by atoms with E-state index in [9.17, 15) is 9.59 Å². The highest BCUT2D eigenvalue weighted by molar-refractivity contribution is 5.99. The number of carbonyl (C=O) groups excluding carboxylic acids is 2. The number of rotatable bonds is 5. The molecule has 2 rings (SSSR count). The Hall–Kier alpha value is -2.24. The van der Waals surface area contributed by atoms with Crippen molar-refractivity contribution in [3.63, 3.8) is 0 Å². The lowest BCUT2D eigenvalue weighted by atomic mass is 10.1. The van der Waals surface area contributed by atoms with Gasteiger partial charge < -0.3 is 19.3 Å². The first-order valence-corrected chi connectivity index (χ1v) is 8.26. The normalized spacial score (nSPS) is 14.7. The number of benzene rings is 1. The van der Waals surface area contributed by atoms with Crippen LogP contribution in [0.4, 0.5) is 0 Å². The average Bonchev–Trinajstić information content (AvgIpc) is 2.59. The van der Waals surface area contributed by atoms with Gasteiger partial charge in [-0.3, -0.25) is 9.59 Å². The predicted octanol–water partition coefficient (Wildman–Crippen LogP) is 2.03. The third-order valence-electron chi connectivity index (χ3n) is 4.14. The van der Waals surface area contributed by atoms with Crippen molar-refractivity contribution in [2.45, 2.75) is 20.3 Å². The first-order chi connectivity index (χ1) is 11.5. The monoisotopic (exact) mass is 334 g/mol. The molecule has 0 bridgehead atoms. The fourth-order valence-electron chi connectivity index (χ4n) is 2.86. The maximum absolute atomic E-state index is 12.9. The van der Waals surface area contributed by atoms with Crippen molar-refractivity contribution in [2.75, 3.05) is 40.4 Å². The average molecular weight is 334 g/mol. The summed E-state index contributed by atoms with van der Waals surface area (Å²) in [6, 6.07) is 5.29. The van der Waals surface area contributed by atoms with Gasteiger partial charge in [0.2, 0.25) is 5.91 Å². The van der Waals surface area contributed by atoms with Crippen molar-refractivity contribution >= 4 is 11.8 Å². The van der Waals surface area contributed by atoms with Gasteiger partial charge in [0.15, 0.2) is 0 Å². The Labute approximate surface area is 143 Å². The van der Waals surface area contributed by atoms with Gasteiger partial charge in [-0.25, -0.2) is 0 Å². The number of methoxy groups -OCH3 is 2. The summed E-state index contributed by atoms with van der Waals surface area (Å²) in [7, 11) is 3.07. The Bertz CT molecular complexity index is 570. The molecule has 1 heterocycles. The van der Waals surface area contributed by atoms with Gasteiger partial charge in [0.25, 0.3) is 5.91 Å². The van der Waals surface area contributed by atoms with Gasteiger partial charge in [0.1, 0.15) is 17.1 Å². The SMILES string of the molecule is COc1cccc(OC)c1C(=O)N1CCN(C(=O)CC(C)C)CC1. The first-order valence-electron chi connectivity index (χ1n) is 8.26. The Morgan fingerprint density at radius 3 is 1.96 bits per heavy atom. The van der Waals surface area contributed by atoms with Crippen LogP contribution in [-0.2, 0) is 4.79 Å². The van der Waals surface area contributed by atoms with Gasteiger partial charge in [-0.1, -0.05) is 19.9 Å². The van der Waals surface area contributed by atoms with E-state index in [0.717, 1.165) is 0 Å². The lowest BCUT2D eigenvalue weighted by Gasteiger charge is -2.35. The summed E-state index contributed by atoms with van der Waals surface area (Å²) >= 11 is 0. The number of amides is 2. The van der Waals surface area contributed by atoms with E-state index in [0.29, 0.717) is 55.6 Å². The number of piperazine rings is 1. The Balaban J connectivity index is 2.07. The molecule has 0 spiro atoms. The van der Waals surface area contributed by atoms with Gasteiger partial charge in [-0.15, -0.1) is 0 Å². The second-order valence-corrected chi connectivity index (χ2v) is 6.31. The molecule has 0 N–H and O–H groups in total. The van der Waals surface area contributed by atoms with Crippen molar-refractivity contribution in [1.29, 1.82) is 0 Å². The minimum absolute atomic E-state index is 0.125. The second-order valence-electron chi connectivity index (χ2n) is 6.31. The van der Waals surface area contributed by atoms with Gasteiger partial charge in [0.05, 0.1) is 14.2 Å². The number of ether oxygens (including phenoxy) is 2. The van der Waals surface area contributed by atoms with E-state index in [1.165, 1.54) is 14.2 Å². The molecule has 6 nitrogen and oxygen atoms in total. The molecule has 1 fully saturated rings. The summed E-state index contributed by atoms with van der Waals surface area (Å²) in [6.07, 6.45) is 0.550. The Morgan fingerprint density at radius 2 is 1.50 bits per heavy atom. The van der Waals surface area contributed by atoms with E-state index < -0.39 is 0 Å². The standard InChI is InChI=1S/C18H26N2O4/c1-13(2)12-16(21)19-8-10-20(11-9-19)18(22)17-14(23-3)6-5-7-15(17)24-4/h5-7,13H,8-12H2,1-4H3. The number of hydrogen-bond donors (Lipinski definition) is 0.